The van der Waals surface area contributed by atoms with E-state index in [9.17, 15) is 0 Å². The Morgan fingerprint density at radius 3 is 2.85 bits per heavy atom. The van der Waals surface area contributed by atoms with E-state index in [1.54, 1.807) is 6.07 Å². The highest BCUT2D eigenvalue weighted by Gasteiger charge is 1.97. The van der Waals surface area contributed by atoms with Gasteiger partial charge in [-0.25, -0.2) is 9.97 Å². The molecule has 0 spiro atoms. The van der Waals surface area contributed by atoms with Crippen molar-refractivity contribution in [2.75, 3.05) is 11.9 Å². The first kappa shape index (κ1) is 10.3. The predicted octanol–water partition coefficient (Wildman–Crippen LogP) is 2.65. The Morgan fingerprint density at radius 1 is 1.46 bits per heavy atom. The number of nitrogens with zero attached hydrogens (tertiary/aromatic N) is 2. The highest BCUT2D eigenvalue weighted by molar-refractivity contribution is 6.29. The molecule has 4 heteroatoms. The Labute approximate surface area is 83.5 Å². The van der Waals surface area contributed by atoms with Crippen LogP contribution in [-0.4, -0.2) is 16.5 Å². The van der Waals surface area contributed by atoms with Crippen LogP contribution >= 0.6 is 11.6 Å². The zero-order valence-corrected chi connectivity index (χ0v) is 8.73. The minimum absolute atomic E-state index is 0.492. The third kappa shape index (κ3) is 3.59. The summed E-state index contributed by atoms with van der Waals surface area (Å²) < 4.78 is 0. The van der Waals surface area contributed by atoms with Gasteiger partial charge in [-0.05, 0) is 13.3 Å². The summed E-state index contributed by atoms with van der Waals surface area (Å²) in [6.45, 7) is 4.92. The lowest BCUT2D eigenvalue weighted by molar-refractivity contribution is 0.829. The van der Waals surface area contributed by atoms with Gasteiger partial charge in [-0.3, -0.25) is 0 Å². The van der Waals surface area contributed by atoms with Crippen LogP contribution in [0.2, 0.25) is 5.15 Å². The Hall–Kier alpha value is -0.830. The Morgan fingerprint density at radius 2 is 2.23 bits per heavy atom. The first-order valence-corrected chi connectivity index (χ1v) is 4.85. The molecule has 0 unspecified atom stereocenters. The predicted molar refractivity (Wildman–Crippen MR) is 55.2 cm³/mol. The van der Waals surface area contributed by atoms with E-state index in [1.807, 2.05) is 6.92 Å². The summed E-state index contributed by atoms with van der Waals surface area (Å²) in [5.74, 6) is 1.51. The molecule has 1 rings (SSSR count). The van der Waals surface area contributed by atoms with E-state index < -0.39 is 0 Å². The average Bonchev–Trinajstić information content (AvgIpc) is 2.03. The molecule has 0 amide bonds. The SMILES string of the molecule is CCCCNc1cc(Cl)nc(C)n1. The Balaban J connectivity index is 2.56. The minimum Gasteiger partial charge on any atom is -0.370 e. The number of unbranched alkanes of at least 4 members (excludes halogenated alkanes) is 1. The first-order chi connectivity index (χ1) is 6.22. The van der Waals surface area contributed by atoms with Gasteiger partial charge >= 0.3 is 0 Å². The number of nitrogens with one attached hydrogen (secondary N) is 1. The van der Waals surface area contributed by atoms with Crippen molar-refractivity contribution in [3.63, 3.8) is 0 Å². The maximum Gasteiger partial charge on any atom is 0.134 e. The lowest BCUT2D eigenvalue weighted by atomic mass is 10.3. The minimum atomic E-state index is 0.492. The van der Waals surface area contributed by atoms with Gasteiger partial charge in [0.25, 0.3) is 0 Å². The smallest absolute Gasteiger partial charge is 0.134 e. The maximum absolute atomic E-state index is 5.77. The van der Waals surface area contributed by atoms with Crippen molar-refractivity contribution in [2.45, 2.75) is 26.7 Å². The number of halogens is 1. The molecular weight excluding hydrogens is 186 g/mol. The molecule has 0 aliphatic heterocycles. The molecule has 1 aromatic heterocycles. The van der Waals surface area contributed by atoms with Gasteiger partial charge in [0.1, 0.15) is 16.8 Å². The molecule has 13 heavy (non-hydrogen) atoms. The second kappa shape index (κ2) is 5.02. The van der Waals surface area contributed by atoms with Gasteiger partial charge in [-0.15, -0.1) is 0 Å². The van der Waals surface area contributed by atoms with Gasteiger partial charge in [-0.2, -0.15) is 0 Å². The number of hydrogen-bond donors (Lipinski definition) is 1. The van der Waals surface area contributed by atoms with Crippen LogP contribution in [0.5, 0.6) is 0 Å². The highest BCUT2D eigenvalue weighted by atomic mass is 35.5. The number of aromatic nitrogens is 2. The molecule has 1 heterocycles. The molecule has 0 aliphatic carbocycles. The summed E-state index contributed by atoms with van der Waals surface area (Å²) in [6.07, 6.45) is 2.31. The van der Waals surface area contributed by atoms with Gasteiger partial charge in [0.05, 0.1) is 0 Å². The second-order valence-electron chi connectivity index (χ2n) is 2.90. The van der Waals surface area contributed by atoms with Crippen molar-refractivity contribution in [1.82, 2.24) is 9.97 Å². The van der Waals surface area contributed by atoms with Crippen LogP contribution in [0.4, 0.5) is 5.82 Å². The fourth-order valence-corrected chi connectivity index (χ4v) is 1.24. The van der Waals surface area contributed by atoms with Crippen molar-refractivity contribution in [3.8, 4) is 0 Å². The third-order valence-corrected chi connectivity index (χ3v) is 1.84. The standard InChI is InChI=1S/C9H14ClN3/c1-3-4-5-11-9-6-8(10)12-7(2)13-9/h6H,3-5H2,1-2H3,(H,11,12,13). The van der Waals surface area contributed by atoms with Crippen LogP contribution in [0.1, 0.15) is 25.6 Å². The van der Waals surface area contributed by atoms with E-state index >= 15 is 0 Å². The topological polar surface area (TPSA) is 37.8 Å². The number of rotatable bonds is 4. The van der Waals surface area contributed by atoms with Crippen molar-refractivity contribution in [2.24, 2.45) is 0 Å². The lowest BCUT2D eigenvalue weighted by Crippen LogP contribution is -2.04. The van der Waals surface area contributed by atoms with Crippen molar-refractivity contribution in [3.05, 3.63) is 17.0 Å². The van der Waals surface area contributed by atoms with Gasteiger partial charge in [0.2, 0.25) is 0 Å². The van der Waals surface area contributed by atoms with Crippen LogP contribution in [0.25, 0.3) is 0 Å². The third-order valence-electron chi connectivity index (χ3n) is 1.64. The largest absolute Gasteiger partial charge is 0.370 e. The van der Waals surface area contributed by atoms with Gasteiger partial charge in [-0.1, -0.05) is 24.9 Å². The number of aryl methyl sites for hydroxylation is 1. The van der Waals surface area contributed by atoms with E-state index in [-0.39, 0.29) is 0 Å². The van der Waals surface area contributed by atoms with E-state index in [1.165, 1.54) is 6.42 Å². The summed E-state index contributed by atoms with van der Waals surface area (Å²) >= 11 is 5.77. The van der Waals surface area contributed by atoms with Gasteiger partial charge in [0.15, 0.2) is 0 Å². The molecule has 0 saturated heterocycles. The van der Waals surface area contributed by atoms with E-state index in [0.29, 0.717) is 11.0 Å². The zero-order chi connectivity index (χ0) is 9.68. The molecule has 3 nitrogen and oxygen atoms in total. The fourth-order valence-electron chi connectivity index (χ4n) is 1.02. The zero-order valence-electron chi connectivity index (χ0n) is 7.97. The monoisotopic (exact) mass is 199 g/mol. The first-order valence-electron chi connectivity index (χ1n) is 4.47. The molecule has 0 saturated carbocycles. The summed E-state index contributed by atoms with van der Waals surface area (Å²) in [5.41, 5.74) is 0. The Bertz CT molecular complexity index is 255. The highest BCUT2D eigenvalue weighted by Crippen LogP contribution is 2.10. The van der Waals surface area contributed by atoms with E-state index in [2.05, 4.69) is 22.2 Å². The normalized spacial score (nSPS) is 10.1. The van der Waals surface area contributed by atoms with Crippen molar-refractivity contribution >= 4 is 17.4 Å². The van der Waals surface area contributed by atoms with E-state index in [4.69, 9.17) is 11.6 Å². The molecule has 1 aromatic rings. The van der Waals surface area contributed by atoms with Crippen LogP contribution < -0.4 is 5.32 Å². The lowest BCUT2D eigenvalue weighted by Gasteiger charge is -2.04. The van der Waals surface area contributed by atoms with Gasteiger partial charge < -0.3 is 5.32 Å². The molecule has 0 aromatic carbocycles. The molecule has 0 aliphatic rings. The average molecular weight is 200 g/mol. The van der Waals surface area contributed by atoms with Crippen LogP contribution in [0, 0.1) is 6.92 Å². The quantitative estimate of drug-likeness (QED) is 0.599. The molecule has 1 N–H and O–H groups in total. The molecular formula is C9H14ClN3. The van der Waals surface area contributed by atoms with Crippen LogP contribution in [0.15, 0.2) is 6.07 Å². The summed E-state index contributed by atoms with van der Waals surface area (Å²) in [4.78, 5) is 8.18. The fraction of sp³-hybridized carbons (Fsp3) is 0.556. The summed E-state index contributed by atoms with van der Waals surface area (Å²) in [7, 11) is 0. The Kier molecular flexibility index (Phi) is 3.96. The van der Waals surface area contributed by atoms with Crippen molar-refractivity contribution in [1.29, 1.82) is 0 Å². The molecule has 0 fully saturated rings. The molecule has 0 radical (unpaired) electrons. The summed E-state index contributed by atoms with van der Waals surface area (Å²) in [5, 5.41) is 3.68. The maximum atomic E-state index is 5.77. The number of hydrogen-bond acceptors (Lipinski definition) is 3. The van der Waals surface area contributed by atoms with Gasteiger partial charge in [0, 0.05) is 12.6 Å². The second-order valence-corrected chi connectivity index (χ2v) is 3.29. The summed E-state index contributed by atoms with van der Waals surface area (Å²) in [6, 6.07) is 1.74. The molecule has 0 bridgehead atoms. The molecule has 0 atom stereocenters. The van der Waals surface area contributed by atoms with Crippen LogP contribution in [-0.2, 0) is 0 Å². The molecule has 72 valence electrons. The van der Waals surface area contributed by atoms with Crippen LogP contribution in [0.3, 0.4) is 0 Å². The van der Waals surface area contributed by atoms with E-state index in [0.717, 1.165) is 18.8 Å². The van der Waals surface area contributed by atoms with Crippen molar-refractivity contribution < 1.29 is 0 Å². The number of anilines is 1.